The lowest BCUT2D eigenvalue weighted by atomic mass is 10.2. The minimum atomic E-state index is -1.01. The fourth-order valence-electron chi connectivity index (χ4n) is 2.45. The number of carbonyl (C=O) groups excluding carboxylic acids is 1. The second kappa shape index (κ2) is 6.88. The van der Waals surface area contributed by atoms with Gasteiger partial charge in [-0.05, 0) is 48.7 Å². The Bertz CT molecular complexity index is 807. The minimum absolute atomic E-state index is 0.0163. The van der Waals surface area contributed by atoms with Gasteiger partial charge in [-0.1, -0.05) is 0 Å². The maximum atomic E-state index is 13.1. The van der Waals surface area contributed by atoms with E-state index in [4.69, 9.17) is 9.84 Å². The Hall–Kier alpha value is -2.96. The summed E-state index contributed by atoms with van der Waals surface area (Å²) in [6, 6.07) is 9.34. The highest BCUT2D eigenvalue weighted by Gasteiger charge is 2.42. The van der Waals surface area contributed by atoms with Gasteiger partial charge in [0.1, 0.15) is 11.5 Å². The molecule has 1 amide bonds. The Labute approximate surface area is 142 Å². The van der Waals surface area contributed by atoms with E-state index in [1.807, 2.05) is 0 Å². The van der Waals surface area contributed by atoms with Crippen molar-refractivity contribution in [1.82, 2.24) is 5.32 Å². The lowest BCUT2D eigenvalue weighted by molar-refractivity contribution is -0.138. The van der Waals surface area contributed by atoms with Gasteiger partial charge >= 0.3 is 5.97 Å². The molecule has 1 aliphatic carbocycles. The molecular weight excluding hydrogens is 332 g/mol. The molecule has 0 heterocycles. The standard InChI is InChI=1S/C18H15F2NO4/c19-15-6-5-13(8-16(15)20)25-12-3-1-10(2-4-12)17(22)21-9-11-7-14(11)18(23)24/h1-6,8,11,14H,7,9H2,(H,21,22)(H,23,24)/t11-,14-/m1/s1. The molecule has 2 N–H and O–H groups in total. The second-order valence-electron chi connectivity index (χ2n) is 5.85. The smallest absolute Gasteiger partial charge is 0.306 e. The summed E-state index contributed by atoms with van der Waals surface area (Å²) in [5, 5.41) is 11.5. The quantitative estimate of drug-likeness (QED) is 0.841. The van der Waals surface area contributed by atoms with Crippen LogP contribution in [0.5, 0.6) is 11.5 Å². The van der Waals surface area contributed by atoms with Gasteiger partial charge in [0.15, 0.2) is 11.6 Å². The number of aliphatic carboxylic acids is 1. The Morgan fingerprint density at radius 2 is 1.76 bits per heavy atom. The first kappa shape index (κ1) is 16.9. The predicted molar refractivity (Wildman–Crippen MR) is 84.4 cm³/mol. The summed E-state index contributed by atoms with van der Waals surface area (Å²) in [7, 11) is 0. The molecule has 1 saturated carbocycles. The first-order chi connectivity index (χ1) is 11.9. The van der Waals surface area contributed by atoms with E-state index < -0.39 is 17.6 Å². The number of nitrogens with one attached hydrogen (secondary N) is 1. The first-order valence-electron chi connectivity index (χ1n) is 7.68. The predicted octanol–water partition coefficient (Wildman–Crippen LogP) is 3.21. The monoisotopic (exact) mass is 347 g/mol. The largest absolute Gasteiger partial charge is 0.481 e. The zero-order chi connectivity index (χ0) is 18.0. The van der Waals surface area contributed by atoms with Crippen LogP contribution < -0.4 is 10.1 Å². The van der Waals surface area contributed by atoms with Crippen molar-refractivity contribution in [3.05, 3.63) is 59.7 Å². The van der Waals surface area contributed by atoms with Crippen LogP contribution in [-0.2, 0) is 4.79 Å². The maximum absolute atomic E-state index is 13.1. The topological polar surface area (TPSA) is 75.6 Å². The van der Waals surface area contributed by atoms with Crippen molar-refractivity contribution in [2.75, 3.05) is 6.54 Å². The first-order valence-corrected chi connectivity index (χ1v) is 7.68. The number of hydrogen-bond donors (Lipinski definition) is 2. The van der Waals surface area contributed by atoms with Crippen molar-refractivity contribution in [3.63, 3.8) is 0 Å². The van der Waals surface area contributed by atoms with Gasteiger partial charge in [0.2, 0.25) is 0 Å². The molecule has 0 aromatic heterocycles. The van der Waals surface area contributed by atoms with Gasteiger partial charge in [-0.3, -0.25) is 9.59 Å². The molecule has 0 aliphatic heterocycles. The third-order valence-corrected chi connectivity index (χ3v) is 4.01. The molecule has 3 rings (SSSR count). The number of carboxylic acid groups (broad SMARTS) is 1. The molecule has 2 aromatic carbocycles. The summed E-state index contributed by atoms with van der Waals surface area (Å²) < 4.78 is 31.4. The van der Waals surface area contributed by atoms with Crippen molar-refractivity contribution in [1.29, 1.82) is 0 Å². The fraction of sp³-hybridized carbons (Fsp3) is 0.222. The molecule has 0 saturated heterocycles. The van der Waals surface area contributed by atoms with E-state index in [2.05, 4.69) is 5.32 Å². The summed E-state index contributed by atoms with van der Waals surface area (Å²) in [6.07, 6.45) is 0.580. The van der Waals surface area contributed by atoms with Crippen molar-refractivity contribution in [2.45, 2.75) is 6.42 Å². The van der Waals surface area contributed by atoms with Crippen molar-refractivity contribution >= 4 is 11.9 Å². The fourth-order valence-corrected chi connectivity index (χ4v) is 2.45. The number of carboxylic acids is 1. The molecule has 1 fully saturated rings. The summed E-state index contributed by atoms with van der Waals surface area (Å²) in [5.74, 6) is -2.98. The Morgan fingerprint density at radius 1 is 1.08 bits per heavy atom. The van der Waals surface area contributed by atoms with E-state index in [1.165, 1.54) is 30.3 Å². The summed E-state index contributed by atoms with van der Waals surface area (Å²) in [5.41, 5.74) is 0.394. The van der Waals surface area contributed by atoms with E-state index in [0.717, 1.165) is 12.1 Å². The zero-order valence-corrected chi connectivity index (χ0v) is 13.0. The summed E-state index contributed by atoms with van der Waals surface area (Å²) >= 11 is 0. The highest BCUT2D eigenvalue weighted by Crippen LogP contribution is 2.37. The average molecular weight is 347 g/mol. The van der Waals surface area contributed by atoms with Crippen LogP contribution in [0.3, 0.4) is 0 Å². The van der Waals surface area contributed by atoms with E-state index in [1.54, 1.807) is 0 Å². The molecule has 0 spiro atoms. The molecule has 5 nitrogen and oxygen atoms in total. The van der Waals surface area contributed by atoms with Gasteiger partial charge in [-0.2, -0.15) is 0 Å². The highest BCUT2D eigenvalue weighted by atomic mass is 19.2. The molecule has 7 heteroatoms. The SMILES string of the molecule is O=C(NC[C@H]1C[C@H]1C(=O)O)c1ccc(Oc2ccc(F)c(F)c2)cc1. The second-order valence-corrected chi connectivity index (χ2v) is 5.85. The third-order valence-electron chi connectivity index (χ3n) is 4.01. The maximum Gasteiger partial charge on any atom is 0.306 e. The van der Waals surface area contributed by atoms with Crippen LogP contribution in [0, 0.1) is 23.5 Å². The van der Waals surface area contributed by atoms with E-state index in [-0.39, 0.29) is 23.5 Å². The van der Waals surface area contributed by atoms with Crippen molar-refractivity contribution in [3.8, 4) is 11.5 Å². The molecule has 2 atom stereocenters. The van der Waals surface area contributed by atoms with Crippen molar-refractivity contribution < 1.29 is 28.2 Å². The normalized spacial score (nSPS) is 18.5. The van der Waals surface area contributed by atoms with Gasteiger partial charge in [0.05, 0.1) is 5.92 Å². The van der Waals surface area contributed by atoms with E-state index in [9.17, 15) is 18.4 Å². The van der Waals surface area contributed by atoms with Crippen LogP contribution in [0.4, 0.5) is 8.78 Å². The summed E-state index contributed by atoms with van der Waals surface area (Å²) in [6.45, 7) is 0.322. The number of carbonyl (C=O) groups is 2. The molecule has 0 radical (unpaired) electrons. The number of halogens is 2. The number of ether oxygens (including phenoxy) is 1. The molecular formula is C18H15F2NO4. The Morgan fingerprint density at radius 3 is 2.36 bits per heavy atom. The van der Waals surface area contributed by atoms with Crippen LogP contribution in [0.2, 0.25) is 0 Å². The number of amides is 1. The van der Waals surface area contributed by atoms with Crippen LogP contribution in [0.1, 0.15) is 16.8 Å². The summed E-state index contributed by atoms with van der Waals surface area (Å²) in [4.78, 5) is 22.8. The molecule has 0 unspecified atom stereocenters. The van der Waals surface area contributed by atoms with Gasteiger partial charge in [0.25, 0.3) is 5.91 Å². The highest BCUT2D eigenvalue weighted by molar-refractivity contribution is 5.94. The molecule has 1 aliphatic rings. The van der Waals surface area contributed by atoms with Crippen LogP contribution in [-0.4, -0.2) is 23.5 Å². The average Bonchev–Trinajstić information content (AvgIpc) is 3.37. The van der Waals surface area contributed by atoms with E-state index >= 15 is 0 Å². The van der Waals surface area contributed by atoms with Crippen LogP contribution in [0.15, 0.2) is 42.5 Å². The zero-order valence-electron chi connectivity index (χ0n) is 13.0. The molecule has 25 heavy (non-hydrogen) atoms. The third kappa shape index (κ3) is 4.12. The van der Waals surface area contributed by atoms with Crippen molar-refractivity contribution in [2.24, 2.45) is 11.8 Å². The Balaban J connectivity index is 1.55. The number of hydrogen-bond acceptors (Lipinski definition) is 3. The number of benzene rings is 2. The van der Waals surface area contributed by atoms with Crippen LogP contribution in [0.25, 0.3) is 0 Å². The van der Waals surface area contributed by atoms with Gasteiger partial charge in [-0.25, -0.2) is 8.78 Å². The lowest BCUT2D eigenvalue weighted by Gasteiger charge is -2.08. The Kier molecular flexibility index (Phi) is 4.65. The molecule has 130 valence electrons. The van der Waals surface area contributed by atoms with E-state index in [0.29, 0.717) is 24.3 Å². The minimum Gasteiger partial charge on any atom is -0.481 e. The lowest BCUT2D eigenvalue weighted by Crippen LogP contribution is -2.26. The van der Waals surface area contributed by atoms with Gasteiger partial charge < -0.3 is 15.2 Å². The molecule has 2 aromatic rings. The van der Waals surface area contributed by atoms with Crippen LogP contribution >= 0.6 is 0 Å². The number of rotatable bonds is 6. The van der Waals surface area contributed by atoms with Gasteiger partial charge in [0, 0.05) is 18.2 Å². The van der Waals surface area contributed by atoms with Gasteiger partial charge in [-0.15, -0.1) is 0 Å². The molecule has 0 bridgehead atoms.